The second-order valence-corrected chi connectivity index (χ2v) is 7.27. The van der Waals surface area contributed by atoms with E-state index in [4.69, 9.17) is 4.74 Å². The molecule has 2 aromatic carbocycles. The van der Waals surface area contributed by atoms with Crippen molar-refractivity contribution in [3.8, 4) is 11.5 Å². The Kier molecular flexibility index (Phi) is 7.50. The molecule has 6 heteroatoms. The van der Waals surface area contributed by atoms with Crippen molar-refractivity contribution in [2.45, 2.75) is 44.8 Å². The molecule has 2 N–H and O–H groups in total. The number of hydrogen-bond acceptors (Lipinski definition) is 4. The van der Waals surface area contributed by atoms with Crippen molar-refractivity contribution in [3.63, 3.8) is 0 Å². The average molecular weight is 396 g/mol. The summed E-state index contributed by atoms with van der Waals surface area (Å²) in [6, 6.07) is 17.0. The summed E-state index contributed by atoms with van der Waals surface area (Å²) in [6.07, 6.45) is 5.05. The Labute approximate surface area is 171 Å². The van der Waals surface area contributed by atoms with Crippen molar-refractivity contribution in [1.82, 2.24) is 10.2 Å². The molecular formula is C23H28N2O4. The van der Waals surface area contributed by atoms with Gasteiger partial charge in [-0.25, -0.2) is 0 Å². The number of para-hydroxylation sites is 2. The molecule has 6 nitrogen and oxygen atoms in total. The molecule has 0 saturated carbocycles. The lowest BCUT2D eigenvalue weighted by atomic mass is 10.1. The number of likely N-dealkylation sites (tertiary alicyclic amines) is 1. The fraction of sp³-hybridized carbons (Fsp3) is 0.391. The summed E-state index contributed by atoms with van der Waals surface area (Å²) in [7, 11) is 0. The van der Waals surface area contributed by atoms with Gasteiger partial charge < -0.3 is 15.2 Å². The normalized spacial score (nSPS) is 15.7. The molecule has 1 heterocycles. The number of aryl methyl sites for hydroxylation is 1. The lowest BCUT2D eigenvalue weighted by Crippen LogP contribution is -2.58. The standard InChI is InChI=1S/C23H28N2O4/c26-19-13-7-8-14-20(19)29-23-16-22(28)25(23)17-21(27)24-15-9-2-1-4-10-18-11-5-3-6-12-18/h3,5-8,11-14,23,26H,1-2,4,9-10,15-17H2,(H,24,27). The maximum Gasteiger partial charge on any atom is 0.239 e. The maximum atomic E-state index is 12.1. The highest BCUT2D eigenvalue weighted by Crippen LogP contribution is 2.29. The summed E-state index contributed by atoms with van der Waals surface area (Å²) in [6.45, 7) is 0.586. The van der Waals surface area contributed by atoms with Crippen molar-refractivity contribution in [2.75, 3.05) is 13.1 Å². The van der Waals surface area contributed by atoms with E-state index in [1.54, 1.807) is 18.2 Å². The van der Waals surface area contributed by atoms with Crippen LogP contribution in [0.4, 0.5) is 0 Å². The molecule has 0 bridgehead atoms. The van der Waals surface area contributed by atoms with Gasteiger partial charge in [0.05, 0.1) is 6.42 Å². The molecule has 29 heavy (non-hydrogen) atoms. The zero-order valence-corrected chi connectivity index (χ0v) is 16.5. The van der Waals surface area contributed by atoms with Gasteiger partial charge in [0.25, 0.3) is 0 Å². The van der Waals surface area contributed by atoms with Crippen molar-refractivity contribution in [2.24, 2.45) is 0 Å². The molecule has 2 aromatic rings. The third kappa shape index (κ3) is 6.24. The number of hydrogen-bond donors (Lipinski definition) is 2. The largest absolute Gasteiger partial charge is 0.504 e. The van der Waals surface area contributed by atoms with Crippen LogP contribution in [0.1, 0.15) is 37.7 Å². The molecule has 1 aliphatic heterocycles. The topological polar surface area (TPSA) is 78.9 Å². The van der Waals surface area contributed by atoms with E-state index in [9.17, 15) is 14.7 Å². The third-order valence-electron chi connectivity index (χ3n) is 5.02. The van der Waals surface area contributed by atoms with Crippen molar-refractivity contribution < 1.29 is 19.4 Å². The molecule has 0 aromatic heterocycles. The predicted molar refractivity (Wildman–Crippen MR) is 110 cm³/mol. The van der Waals surface area contributed by atoms with Crippen LogP contribution in [0.3, 0.4) is 0 Å². The number of rotatable bonds is 11. The number of nitrogens with one attached hydrogen (secondary N) is 1. The molecule has 0 spiro atoms. The Morgan fingerprint density at radius 2 is 1.76 bits per heavy atom. The second kappa shape index (κ2) is 10.5. The number of phenolic OH excluding ortho intramolecular Hbond substituents is 1. The summed E-state index contributed by atoms with van der Waals surface area (Å²) in [5, 5.41) is 12.6. The number of amides is 2. The third-order valence-corrected chi connectivity index (χ3v) is 5.02. The van der Waals surface area contributed by atoms with Crippen LogP contribution >= 0.6 is 0 Å². The van der Waals surface area contributed by atoms with E-state index in [1.165, 1.54) is 16.5 Å². The fourth-order valence-electron chi connectivity index (χ4n) is 3.31. The minimum atomic E-state index is -0.514. The van der Waals surface area contributed by atoms with Gasteiger partial charge in [0.1, 0.15) is 6.54 Å². The quantitative estimate of drug-likeness (QED) is 0.451. The highest BCUT2D eigenvalue weighted by atomic mass is 16.5. The summed E-state index contributed by atoms with van der Waals surface area (Å²) < 4.78 is 5.65. The van der Waals surface area contributed by atoms with Crippen LogP contribution in [0.15, 0.2) is 54.6 Å². The number of β-lactam (4-membered cyclic amide) rings is 1. The van der Waals surface area contributed by atoms with E-state index < -0.39 is 6.23 Å². The molecular weight excluding hydrogens is 368 g/mol. The number of benzene rings is 2. The average Bonchev–Trinajstić information content (AvgIpc) is 2.73. The Hall–Kier alpha value is -3.02. The molecule has 0 aliphatic carbocycles. The summed E-state index contributed by atoms with van der Waals surface area (Å²) >= 11 is 0. The Balaban J connectivity index is 1.29. The number of unbranched alkanes of at least 4 members (excludes halogenated alkanes) is 3. The molecule has 1 unspecified atom stereocenters. The van der Waals surface area contributed by atoms with Crippen molar-refractivity contribution in [3.05, 3.63) is 60.2 Å². The second-order valence-electron chi connectivity index (χ2n) is 7.27. The highest BCUT2D eigenvalue weighted by molar-refractivity contribution is 5.88. The number of ether oxygens (including phenoxy) is 1. The van der Waals surface area contributed by atoms with Gasteiger partial charge in [-0.2, -0.15) is 0 Å². The lowest BCUT2D eigenvalue weighted by molar-refractivity contribution is -0.163. The first-order valence-electron chi connectivity index (χ1n) is 10.2. The number of aromatic hydroxyl groups is 1. The number of phenols is 1. The van der Waals surface area contributed by atoms with E-state index in [1.807, 2.05) is 6.07 Å². The molecule has 0 radical (unpaired) electrons. The van der Waals surface area contributed by atoms with Gasteiger partial charge in [0.15, 0.2) is 17.7 Å². The van der Waals surface area contributed by atoms with Crippen LogP contribution in [0.2, 0.25) is 0 Å². The minimum absolute atomic E-state index is 0.0171. The summed E-state index contributed by atoms with van der Waals surface area (Å²) in [5.74, 6) is 0.0177. The summed E-state index contributed by atoms with van der Waals surface area (Å²) in [5.41, 5.74) is 1.36. The number of carbonyl (C=O) groups is 2. The minimum Gasteiger partial charge on any atom is -0.504 e. The first-order valence-corrected chi connectivity index (χ1v) is 10.2. The van der Waals surface area contributed by atoms with E-state index in [2.05, 4.69) is 29.6 Å². The van der Waals surface area contributed by atoms with Crippen molar-refractivity contribution >= 4 is 11.8 Å². The monoisotopic (exact) mass is 396 g/mol. The maximum absolute atomic E-state index is 12.1. The number of carbonyl (C=O) groups excluding carboxylic acids is 2. The van der Waals surface area contributed by atoms with Gasteiger partial charge in [0, 0.05) is 6.54 Å². The predicted octanol–water partition coefficient (Wildman–Crippen LogP) is 3.25. The highest BCUT2D eigenvalue weighted by Gasteiger charge is 2.39. The Bertz CT molecular complexity index is 810. The molecule has 1 fully saturated rings. The molecule has 1 atom stereocenters. The smallest absolute Gasteiger partial charge is 0.239 e. The molecule has 154 valence electrons. The van der Waals surface area contributed by atoms with Gasteiger partial charge in [-0.1, -0.05) is 55.3 Å². The lowest BCUT2D eigenvalue weighted by Gasteiger charge is -2.39. The van der Waals surface area contributed by atoms with Gasteiger partial charge in [-0.15, -0.1) is 0 Å². The van der Waals surface area contributed by atoms with Crippen LogP contribution in [0.5, 0.6) is 11.5 Å². The van der Waals surface area contributed by atoms with Crippen LogP contribution in [0.25, 0.3) is 0 Å². The van der Waals surface area contributed by atoms with Gasteiger partial charge in [-0.05, 0) is 37.0 Å². The van der Waals surface area contributed by atoms with E-state index in [0.29, 0.717) is 12.3 Å². The van der Waals surface area contributed by atoms with Crippen LogP contribution in [0, 0.1) is 0 Å². The molecule has 2 amide bonds. The van der Waals surface area contributed by atoms with Gasteiger partial charge in [-0.3, -0.25) is 14.5 Å². The summed E-state index contributed by atoms with van der Waals surface area (Å²) in [4.78, 5) is 25.3. The SMILES string of the molecule is O=C(CN1C(=O)CC1Oc1ccccc1O)NCCCCCCc1ccccc1. The van der Waals surface area contributed by atoms with Gasteiger partial charge in [0.2, 0.25) is 11.8 Å². The Morgan fingerprint density at radius 1 is 1.03 bits per heavy atom. The van der Waals surface area contributed by atoms with Crippen LogP contribution in [-0.2, 0) is 16.0 Å². The van der Waals surface area contributed by atoms with Crippen molar-refractivity contribution in [1.29, 1.82) is 0 Å². The van der Waals surface area contributed by atoms with E-state index in [-0.39, 0.29) is 30.5 Å². The fourth-order valence-corrected chi connectivity index (χ4v) is 3.31. The first kappa shape index (κ1) is 20.7. The van der Waals surface area contributed by atoms with Crippen LogP contribution in [-0.4, -0.2) is 41.1 Å². The molecule has 1 saturated heterocycles. The molecule has 1 aliphatic rings. The van der Waals surface area contributed by atoms with Gasteiger partial charge >= 0.3 is 0 Å². The molecule has 3 rings (SSSR count). The Morgan fingerprint density at radius 3 is 2.52 bits per heavy atom. The number of nitrogens with zero attached hydrogens (tertiary/aromatic N) is 1. The first-order chi connectivity index (χ1) is 14.1. The zero-order chi connectivity index (χ0) is 20.5. The zero-order valence-electron chi connectivity index (χ0n) is 16.5. The van der Waals surface area contributed by atoms with E-state index >= 15 is 0 Å². The van der Waals surface area contributed by atoms with E-state index in [0.717, 1.165) is 32.1 Å². The van der Waals surface area contributed by atoms with Crippen LogP contribution < -0.4 is 10.1 Å².